The van der Waals surface area contributed by atoms with Crippen LogP contribution < -0.4 is 0 Å². The second-order valence-corrected chi connectivity index (χ2v) is 7.06. The van der Waals surface area contributed by atoms with Gasteiger partial charge in [-0.1, -0.05) is 29.8 Å². The zero-order valence-electron chi connectivity index (χ0n) is 13.9. The Balaban J connectivity index is 1.85. The molecule has 1 heterocycles. The van der Waals surface area contributed by atoms with Gasteiger partial charge in [0.15, 0.2) is 0 Å². The fourth-order valence-electron chi connectivity index (χ4n) is 2.50. The van der Waals surface area contributed by atoms with Crippen molar-refractivity contribution in [3.05, 3.63) is 83.7 Å². The summed E-state index contributed by atoms with van der Waals surface area (Å²) < 4.78 is 0. The molecule has 2 aromatic rings. The van der Waals surface area contributed by atoms with E-state index in [-0.39, 0.29) is 27.8 Å². The lowest BCUT2D eigenvalue weighted by atomic mass is 10.1. The van der Waals surface area contributed by atoms with Crippen molar-refractivity contribution in [2.75, 3.05) is 0 Å². The van der Waals surface area contributed by atoms with E-state index in [2.05, 4.69) is 0 Å². The van der Waals surface area contributed by atoms with Crippen LogP contribution in [0.2, 0.25) is 5.02 Å². The summed E-state index contributed by atoms with van der Waals surface area (Å²) in [6.45, 7) is -0.121. The Bertz CT molecular complexity index is 1050. The highest BCUT2D eigenvalue weighted by Crippen LogP contribution is 2.34. The van der Waals surface area contributed by atoms with Crippen molar-refractivity contribution in [3.63, 3.8) is 0 Å². The molecule has 3 rings (SSSR count). The maximum absolute atomic E-state index is 12.6. The van der Waals surface area contributed by atoms with Crippen LogP contribution in [0.5, 0.6) is 0 Å². The van der Waals surface area contributed by atoms with Gasteiger partial charge in [0.25, 0.3) is 22.5 Å². The predicted molar refractivity (Wildman–Crippen MR) is 103 cm³/mol. The Morgan fingerprint density at radius 3 is 2.50 bits per heavy atom. The van der Waals surface area contributed by atoms with Crippen molar-refractivity contribution < 1.29 is 19.4 Å². The van der Waals surface area contributed by atoms with E-state index in [0.717, 1.165) is 4.90 Å². The van der Waals surface area contributed by atoms with E-state index < -0.39 is 21.0 Å². The fourth-order valence-corrected chi connectivity index (χ4v) is 3.52. The van der Waals surface area contributed by atoms with Crippen molar-refractivity contribution in [1.29, 1.82) is 0 Å². The van der Waals surface area contributed by atoms with Crippen LogP contribution in [-0.4, -0.2) is 25.9 Å². The Morgan fingerprint density at radius 2 is 1.82 bits per heavy atom. The van der Waals surface area contributed by atoms with Crippen LogP contribution in [0.25, 0.3) is 6.08 Å². The molecule has 0 aliphatic carbocycles. The molecule has 1 fully saturated rings. The summed E-state index contributed by atoms with van der Waals surface area (Å²) in [4.78, 5) is 46.4. The molecule has 1 aliphatic rings. The summed E-state index contributed by atoms with van der Waals surface area (Å²) in [5.41, 5.74) is 0.316. The van der Waals surface area contributed by atoms with Gasteiger partial charge in [-0.05, 0) is 35.0 Å². The third-order valence-corrected chi connectivity index (χ3v) is 5.03. The molecule has 28 heavy (non-hydrogen) atoms. The van der Waals surface area contributed by atoms with E-state index in [9.17, 15) is 29.8 Å². The third kappa shape index (κ3) is 4.02. The smallest absolute Gasteiger partial charge is 0.268 e. The van der Waals surface area contributed by atoms with Crippen LogP contribution in [0.1, 0.15) is 11.1 Å². The molecule has 0 atom stereocenters. The molecule has 0 N–H and O–H groups in total. The van der Waals surface area contributed by atoms with Crippen molar-refractivity contribution >= 4 is 52.0 Å². The summed E-state index contributed by atoms with van der Waals surface area (Å²) >= 11 is 6.45. The summed E-state index contributed by atoms with van der Waals surface area (Å²) in [6, 6.07) is 9.66. The molecule has 11 heteroatoms. The normalized spacial score (nSPS) is 15.3. The molecular formula is C17H10ClN3O6S. The number of thioether (sulfide) groups is 1. The first kappa shape index (κ1) is 19.5. The van der Waals surface area contributed by atoms with Crippen LogP contribution in [0.15, 0.2) is 47.4 Å². The number of halogens is 1. The van der Waals surface area contributed by atoms with E-state index >= 15 is 0 Å². The first-order chi connectivity index (χ1) is 13.3. The molecule has 2 amide bonds. The minimum Gasteiger partial charge on any atom is -0.268 e. The standard InChI is InChI=1S/C17H10ClN3O6S/c18-13-5-4-10(7-14(13)21(26)27)8-15-16(22)19(17(23)28-15)9-11-2-1-3-12(6-11)20(24)25/h1-8H,9H2/b15-8-. The molecule has 0 saturated carbocycles. The van der Waals surface area contributed by atoms with E-state index in [4.69, 9.17) is 11.6 Å². The first-order valence-corrected chi connectivity index (χ1v) is 8.88. The fraction of sp³-hybridized carbons (Fsp3) is 0.0588. The van der Waals surface area contributed by atoms with Gasteiger partial charge in [-0.2, -0.15) is 0 Å². The SMILES string of the molecule is O=C1S/C(=C\c2ccc(Cl)c([N+](=O)[O-])c2)C(=O)N1Cc1cccc([N+](=O)[O-])c1. The van der Waals surface area contributed by atoms with E-state index in [1.54, 1.807) is 6.07 Å². The van der Waals surface area contributed by atoms with Gasteiger partial charge >= 0.3 is 0 Å². The molecule has 0 unspecified atom stereocenters. The Hall–Kier alpha value is -3.24. The average Bonchev–Trinajstić information content (AvgIpc) is 2.90. The number of amides is 2. The van der Waals surface area contributed by atoms with Crippen molar-refractivity contribution in [3.8, 4) is 0 Å². The van der Waals surface area contributed by atoms with E-state index in [0.29, 0.717) is 22.9 Å². The summed E-state index contributed by atoms with van der Waals surface area (Å²) in [5.74, 6) is -0.584. The number of hydrogen-bond acceptors (Lipinski definition) is 7. The second kappa shape index (κ2) is 7.79. The highest BCUT2D eigenvalue weighted by molar-refractivity contribution is 8.18. The Kier molecular flexibility index (Phi) is 5.43. The average molecular weight is 420 g/mol. The van der Waals surface area contributed by atoms with Crippen molar-refractivity contribution in [2.45, 2.75) is 6.54 Å². The number of rotatable bonds is 5. The zero-order chi connectivity index (χ0) is 20.4. The van der Waals surface area contributed by atoms with Gasteiger partial charge in [0, 0.05) is 18.2 Å². The third-order valence-electron chi connectivity index (χ3n) is 3.80. The summed E-state index contributed by atoms with van der Waals surface area (Å²) in [7, 11) is 0. The molecule has 1 aliphatic heterocycles. The van der Waals surface area contributed by atoms with Crippen molar-refractivity contribution in [1.82, 2.24) is 4.90 Å². The maximum atomic E-state index is 12.6. The largest absolute Gasteiger partial charge is 0.293 e. The minimum atomic E-state index is -0.645. The number of imide groups is 1. The monoisotopic (exact) mass is 419 g/mol. The highest BCUT2D eigenvalue weighted by atomic mass is 35.5. The molecule has 0 radical (unpaired) electrons. The lowest BCUT2D eigenvalue weighted by molar-refractivity contribution is -0.385. The lowest BCUT2D eigenvalue weighted by Crippen LogP contribution is -2.27. The van der Waals surface area contributed by atoms with Crippen LogP contribution in [0.4, 0.5) is 16.2 Å². The molecule has 142 valence electrons. The topological polar surface area (TPSA) is 124 Å². The van der Waals surface area contributed by atoms with Gasteiger partial charge in [-0.25, -0.2) is 0 Å². The van der Waals surface area contributed by atoms with Gasteiger partial charge in [0.1, 0.15) is 5.02 Å². The molecular weight excluding hydrogens is 410 g/mol. The number of nitrogens with zero attached hydrogens (tertiary/aromatic N) is 3. The van der Waals surface area contributed by atoms with Gasteiger partial charge in [-0.15, -0.1) is 0 Å². The number of carbonyl (C=O) groups is 2. The number of non-ortho nitro benzene ring substituents is 1. The number of benzene rings is 2. The van der Waals surface area contributed by atoms with E-state index in [1.807, 2.05) is 0 Å². The molecule has 2 aromatic carbocycles. The molecule has 0 aromatic heterocycles. The minimum absolute atomic E-state index is 0.0408. The lowest BCUT2D eigenvalue weighted by Gasteiger charge is -2.12. The molecule has 1 saturated heterocycles. The highest BCUT2D eigenvalue weighted by Gasteiger charge is 2.35. The van der Waals surface area contributed by atoms with Gasteiger partial charge in [0.05, 0.1) is 21.3 Å². The van der Waals surface area contributed by atoms with Crippen LogP contribution in [0, 0.1) is 20.2 Å². The predicted octanol–water partition coefficient (Wildman–Crippen LogP) is 4.39. The number of nitro groups is 2. The molecule has 0 bridgehead atoms. The Labute approximate surface area is 166 Å². The number of hydrogen-bond donors (Lipinski definition) is 0. The second-order valence-electron chi connectivity index (χ2n) is 5.66. The number of carbonyl (C=O) groups excluding carboxylic acids is 2. The number of nitro benzene ring substituents is 2. The summed E-state index contributed by atoms with van der Waals surface area (Å²) in [5, 5.41) is 21.3. The van der Waals surface area contributed by atoms with Gasteiger partial charge in [-0.3, -0.25) is 34.7 Å². The van der Waals surface area contributed by atoms with Gasteiger partial charge in [0.2, 0.25) is 0 Å². The van der Waals surface area contributed by atoms with Crippen LogP contribution in [0.3, 0.4) is 0 Å². The van der Waals surface area contributed by atoms with E-state index in [1.165, 1.54) is 42.5 Å². The molecule has 9 nitrogen and oxygen atoms in total. The Morgan fingerprint density at radius 1 is 1.07 bits per heavy atom. The first-order valence-electron chi connectivity index (χ1n) is 7.69. The summed E-state index contributed by atoms with van der Waals surface area (Å²) in [6.07, 6.45) is 1.36. The van der Waals surface area contributed by atoms with Crippen LogP contribution in [-0.2, 0) is 11.3 Å². The van der Waals surface area contributed by atoms with Gasteiger partial charge < -0.3 is 0 Å². The maximum Gasteiger partial charge on any atom is 0.293 e. The molecule has 0 spiro atoms. The van der Waals surface area contributed by atoms with Crippen molar-refractivity contribution in [2.24, 2.45) is 0 Å². The quantitative estimate of drug-likeness (QED) is 0.399. The van der Waals surface area contributed by atoms with Crippen LogP contribution >= 0.6 is 23.4 Å². The zero-order valence-corrected chi connectivity index (χ0v) is 15.5.